The molecule has 22 heavy (non-hydrogen) atoms. The molecule has 1 aromatic rings. The molecule has 0 N–H and O–H groups in total. The van der Waals surface area contributed by atoms with Crippen LogP contribution in [0.4, 0.5) is 0 Å². The number of hydrogen-bond donors (Lipinski definition) is 0. The molecule has 2 heteroatoms. The predicted octanol–water partition coefficient (Wildman–Crippen LogP) is 4.14. The number of likely N-dealkylation sites (tertiary alicyclic amines) is 1. The van der Waals surface area contributed by atoms with Gasteiger partial charge >= 0.3 is 0 Å². The van der Waals surface area contributed by atoms with Crippen molar-refractivity contribution < 1.29 is 4.74 Å². The fraction of sp³-hybridized carbons (Fsp3) is 0.700. The zero-order valence-corrected chi connectivity index (χ0v) is 13.7. The third kappa shape index (κ3) is 2.32. The fourth-order valence-electron chi connectivity index (χ4n) is 5.33. The van der Waals surface area contributed by atoms with Crippen LogP contribution in [0.2, 0.25) is 0 Å². The Morgan fingerprint density at radius 1 is 0.864 bits per heavy atom. The van der Waals surface area contributed by atoms with E-state index in [1.807, 2.05) is 0 Å². The van der Waals surface area contributed by atoms with Gasteiger partial charge in [-0.1, -0.05) is 49.6 Å². The van der Waals surface area contributed by atoms with Crippen molar-refractivity contribution in [3.63, 3.8) is 0 Å². The van der Waals surface area contributed by atoms with Crippen molar-refractivity contribution >= 4 is 0 Å². The lowest BCUT2D eigenvalue weighted by atomic mass is 9.65. The van der Waals surface area contributed by atoms with Crippen molar-refractivity contribution in [2.24, 2.45) is 0 Å². The Bertz CT molecular complexity index is 482. The molecule has 4 rings (SSSR count). The first-order chi connectivity index (χ1) is 10.8. The van der Waals surface area contributed by atoms with Gasteiger partial charge in [0.2, 0.25) is 0 Å². The summed E-state index contributed by atoms with van der Waals surface area (Å²) in [6, 6.07) is 11.3. The van der Waals surface area contributed by atoms with Crippen molar-refractivity contribution in [3.05, 3.63) is 35.9 Å². The van der Waals surface area contributed by atoms with Crippen molar-refractivity contribution in [2.45, 2.75) is 62.4 Å². The van der Waals surface area contributed by atoms with Crippen LogP contribution in [0.15, 0.2) is 30.3 Å². The highest BCUT2D eigenvalue weighted by atomic mass is 16.5. The van der Waals surface area contributed by atoms with E-state index in [-0.39, 0.29) is 11.0 Å². The Kier molecular flexibility index (Phi) is 4.00. The van der Waals surface area contributed by atoms with Gasteiger partial charge in [0.1, 0.15) is 0 Å². The minimum Gasteiger partial charge on any atom is -0.374 e. The van der Waals surface area contributed by atoms with Crippen LogP contribution in [-0.4, -0.2) is 36.7 Å². The molecule has 0 aromatic heterocycles. The van der Waals surface area contributed by atoms with Gasteiger partial charge in [-0.05, 0) is 50.8 Å². The summed E-state index contributed by atoms with van der Waals surface area (Å²) in [5.74, 6) is 0. The zero-order chi connectivity index (χ0) is 14.9. The van der Waals surface area contributed by atoms with E-state index in [9.17, 15) is 0 Å². The Hall–Kier alpha value is -0.860. The molecule has 0 radical (unpaired) electrons. The smallest absolute Gasteiger partial charge is 0.0791 e. The molecule has 2 saturated heterocycles. The van der Waals surface area contributed by atoms with E-state index in [0.29, 0.717) is 0 Å². The van der Waals surface area contributed by atoms with Crippen molar-refractivity contribution in [2.75, 3.05) is 26.2 Å². The number of hydrogen-bond acceptors (Lipinski definition) is 2. The van der Waals surface area contributed by atoms with Crippen LogP contribution < -0.4 is 0 Å². The first-order valence-corrected chi connectivity index (χ1v) is 9.27. The Morgan fingerprint density at radius 3 is 2.32 bits per heavy atom. The second-order valence-corrected chi connectivity index (χ2v) is 7.58. The fourth-order valence-corrected chi connectivity index (χ4v) is 5.33. The molecule has 0 amide bonds. The molecule has 1 unspecified atom stereocenters. The van der Waals surface area contributed by atoms with Gasteiger partial charge in [-0.15, -0.1) is 0 Å². The SMILES string of the molecule is c1ccc(C2(CN3CCCCC3)CCOC23CCCC3)cc1. The molecule has 1 aliphatic carbocycles. The lowest BCUT2D eigenvalue weighted by Crippen LogP contribution is -2.54. The van der Waals surface area contributed by atoms with E-state index in [1.54, 1.807) is 0 Å². The first-order valence-electron chi connectivity index (χ1n) is 9.27. The highest BCUT2D eigenvalue weighted by molar-refractivity contribution is 5.33. The Labute approximate surface area is 134 Å². The second kappa shape index (κ2) is 5.98. The maximum Gasteiger partial charge on any atom is 0.0791 e. The van der Waals surface area contributed by atoms with Gasteiger partial charge in [0.15, 0.2) is 0 Å². The third-order valence-electron chi connectivity index (χ3n) is 6.46. The number of nitrogens with zero attached hydrogens (tertiary/aromatic N) is 1. The lowest BCUT2D eigenvalue weighted by Gasteiger charge is -2.46. The summed E-state index contributed by atoms with van der Waals surface area (Å²) in [4.78, 5) is 2.73. The topological polar surface area (TPSA) is 12.5 Å². The lowest BCUT2D eigenvalue weighted by molar-refractivity contribution is -0.0397. The quantitative estimate of drug-likeness (QED) is 0.831. The molecule has 3 fully saturated rings. The molecule has 1 saturated carbocycles. The standard InChI is InChI=1S/C20H29NO/c1-3-9-18(10-4-1)19(17-21-14-7-2-8-15-21)13-16-22-20(19)11-5-6-12-20/h1,3-4,9-10H,2,5-8,11-17H2. The van der Waals surface area contributed by atoms with E-state index in [0.717, 1.165) is 6.61 Å². The van der Waals surface area contributed by atoms with Crippen LogP contribution >= 0.6 is 0 Å². The van der Waals surface area contributed by atoms with E-state index in [2.05, 4.69) is 35.2 Å². The first kappa shape index (κ1) is 14.7. The van der Waals surface area contributed by atoms with E-state index < -0.39 is 0 Å². The maximum absolute atomic E-state index is 6.49. The van der Waals surface area contributed by atoms with Gasteiger partial charge in [0, 0.05) is 18.6 Å². The van der Waals surface area contributed by atoms with Crippen molar-refractivity contribution in [1.29, 1.82) is 0 Å². The van der Waals surface area contributed by atoms with Crippen LogP contribution in [0.5, 0.6) is 0 Å². The van der Waals surface area contributed by atoms with Crippen LogP contribution in [0.3, 0.4) is 0 Å². The molecule has 2 aliphatic heterocycles. The van der Waals surface area contributed by atoms with Crippen molar-refractivity contribution in [1.82, 2.24) is 4.90 Å². The molecule has 3 aliphatic rings. The largest absolute Gasteiger partial charge is 0.374 e. The highest BCUT2D eigenvalue weighted by Crippen LogP contribution is 2.54. The molecular weight excluding hydrogens is 270 g/mol. The van der Waals surface area contributed by atoms with Crippen LogP contribution in [0.25, 0.3) is 0 Å². The molecule has 2 heterocycles. The normalized spacial score (nSPS) is 31.8. The zero-order valence-electron chi connectivity index (χ0n) is 13.7. The minimum absolute atomic E-state index is 0.117. The monoisotopic (exact) mass is 299 g/mol. The summed E-state index contributed by atoms with van der Waals surface area (Å²) in [5, 5.41) is 0. The minimum atomic E-state index is 0.117. The van der Waals surface area contributed by atoms with Crippen LogP contribution in [0.1, 0.15) is 56.9 Å². The molecule has 1 atom stereocenters. The van der Waals surface area contributed by atoms with Crippen LogP contribution in [0, 0.1) is 0 Å². The average Bonchev–Trinajstić information content (AvgIpc) is 3.19. The van der Waals surface area contributed by atoms with Gasteiger partial charge < -0.3 is 9.64 Å². The summed E-state index contributed by atoms with van der Waals surface area (Å²) < 4.78 is 6.49. The number of ether oxygens (including phenoxy) is 1. The number of rotatable bonds is 3. The van der Waals surface area contributed by atoms with E-state index in [1.165, 1.54) is 76.6 Å². The molecule has 0 bridgehead atoms. The van der Waals surface area contributed by atoms with E-state index in [4.69, 9.17) is 4.74 Å². The van der Waals surface area contributed by atoms with E-state index >= 15 is 0 Å². The summed E-state index contributed by atoms with van der Waals surface area (Å²) in [6.07, 6.45) is 10.6. The molecular formula is C20H29NO. The number of benzene rings is 1. The third-order valence-corrected chi connectivity index (χ3v) is 6.46. The molecule has 1 aromatic carbocycles. The second-order valence-electron chi connectivity index (χ2n) is 7.58. The van der Waals surface area contributed by atoms with Gasteiger partial charge in [-0.3, -0.25) is 0 Å². The molecule has 120 valence electrons. The van der Waals surface area contributed by atoms with Gasteiger partial charge in [-0.25, -0.2) is 0 Å². The summed E-state index contributed by atoms with van der Waals surface area (Å²) in [7, 11) is 0. The summed E-state index contributed by atoms with van der Waals surface area (Å²) in [5.41, 5.74) is 1.87. The Morgan fingerprint density at radius 2 is 1.59 bits per heavy atom. The summed E-state index contributed by atoms with van der Waals surface area (Å²) in [6.45, 7) is 4.72. The number of piperidine rings is 1. The van der Waals surface area contributed by atoms with Gasteiger partial charge in [-0.2, -0.15) is 0 Å². The highest BCUT2D eigenvalue weighted by Gasteiger charge is 2.58. The van der Waals surface area contributed by atoms with Crippen LogP contribution in [-0.2, 0) is 10.2 Å². The Balaban J connectivity index is 1.71. The summed E-state index contributed by atoms with van der Waals surface area (Å²) >= 11 is 0. The van der Waals surface area contributed by atoms with Gasteiger partial charge in [0.25, 0.3) is 0 Å². The molecule has 2 nitrogen and oxygen atoms in total. The maximum atomic E-state index is 6.49. The predicted molar refractivity (Wildman–Crippen MR) is 90.2 cm³/mol. The van der Waals surface area contributed by atoms with Crippen molar-refractivity contribution in [3.8, 4) is 0 Å². The average molecular weight is 299 g/mol. The molecule has 1 spiro atoms. The van der Waals surface area contributed by atoms with Gasteiger partial charge in [0.05, 0.1) is 5.60 Å².